The number of nitrogens with two attached hydrogens (primary N) is 1. The van der Waals surface area contributed by atoms with E-state index in [1.165, 1.54) is 0 Å². The van der Waals surface area contributed by atoms with Gasteiger partial charge in [0, 0.05) is 0 Å². The van der Waals surface area contributed by atoms with Crippen LogP contribution in [0.4, 0.5) is 0 Å². The summed E-state index contributed by atoms with van der Waals surface area (Å²) in [7, 11) is 0. The Labute approximate surface area is 33.8 Å². The van der Waals surface area contributed by atoms with Crippen molar-refractivity contribution in [2.24, 2.45) is 5.14 Å². The van der Waals surface area contributed by atoms with Crippen LogP contribution in [0.5, 0.6) is 0 Å². The van der Waals surface area contributed by atoms with Gasteiger partial charge < -0.3 is 4.18 Å². The molecule has 0 atom stereocenters. The summed E-state index contributed by atoms with van der Waals surface area (Å²) in [5.74, 6) is 0. The molecule has 30 valence electrons. The molecule has 0 heterocycles. The monoisotopic (exact) mass is 93.0 g/mol. The molecule has 0 bridgehead atoms. The van der Waals surface area contributed by atoms with Gasteiger partial charge in [0.15, 0.2) is 0 Å². The van der Waals surface area contributed by atoms with Gasteiger partial charge in [-0.1, -0.05) is 0 Å². The number of hydrogen-bond acceptors (Lipinski definition) is 4. The molecule has 0 aromatic rings. The SMILES string of the molecule is NSOC=O. The van der Waals surface area contributed by atoms with Crippen molar-refractivity contribution >= 4 is 18.7 Å². The standard InChI is InChI=1S/CH3NO2S/c2-5-4-1-3/h1H,2H2. The molecule has 0 rings (SSSR count). The summed E-state index contributed by atoms with van der Waals surface area (Å²) >= 11 is 0.534. The summed E-state index contributed by atoms with van der Waals surface area (Å²) in [4.78, 5) is 9.08. The number of rotatable bonds is 2. The van der Waals surface area contributed by atoms with E-state index in [2.05, 4.69) is 9.32 Å². The maximum Gasteiger partial charge on any atom is 0.306 e. The van der Waals surface area contributed by atoms with E-state index in [0.717, 1.165) is 0 Å². The van der Waals surface area contributed by atoms with Crippen LogP contribution in [-0.4, -0.2) is 6.47 Å². The molecule has 2 N–H and O–H groups in total. The van der Waals surface area contributed by atoms with Crippen molar-refractivity contribution in [2.45, 2.75) is 0 Å². The zero-order chi connectivity index (χ0) is 4.12. The normalized spacial score (nSPS) is 6.60. The lowest BCUT2D eigenvalue weighted by Gasteiger charge is -1.76. The largest absolute Gasteiger partial charge is 0.377 e. The van der Waals surface area contributed by atoms with E-state index in [4.69, 9.17) is 4.79 Å². The van der Waals surface area contributed by atoms with E-state index in [9.17, 15) is 0 Å². The zero-order valence-corrected chi connectivity index (χ0v) is 3.20. The van der Waals surface area contributed by atoms with Gasteiger partial charge in [-0.25, -0.2) is 5.14 Å². The van der Waals surface area contributed by atoms with Crippen LogP contribution in [0, 0.1) is 0 Å². The molecule has 4 heteroatoms. The predicted molar refractivity (Wildman–Crippen MR) is 18.9 cm³/mol. The van der Waals surface area contributed by atoms with Crippen molar-refractivity contribution in [3.63, 3.8) is 0 Å². The van der Waals surface area contributed by atoms with E-state index in [-0.39, 0.29) is 6.47 Å². The van der Waals surface area contributed by atoms with E-state index >= 15 is 0 Å². The van der Waals surface area contributed by atoms with Crippen LogP contribution in [0.15, 0.2) is 0 Å². The van der Waals surface area contributed by atoms with Crippen molar-refractivity contribution < 1.29 is 8.98 Å². The highest BCUT2D eigenvalue weighted by atomic mass is 32.2. The van der Waals surface area contributed by atoms with Crippen LogP contribution >= 0.6 is 12.2 Å². The summed E-state index contributed by atoms with van der Waals surface area (Å²) in [5, 5.41) is 4.60. The lowest BCUT2D eigenvalue weighted by molar-refractivity contribution is -0.119. The third kappa shape index (κ3) is 3.78. The predicted octanol–water partition coefficient (Wildman–Crippen LogP) is -0.319. The Morgan fingerprint density at radius 1 is 2.00 bits per heavy atom. The third-order valence-corrected chi connectivity index (χ3v) is 0.285. The highest BCUT2D eigenvalue weighted by Crippen LogP contribution is 1.78. The van der Waals surface area contributed by atoms with Gasteiger partial charge in [-0.3, -0.25) is 4.79 Å². The molecule has 5 heavy (non-hydrogen) atoms. The molecule has 0 aromatic heterocycles. The summed E-state index contributed by atoms with van der Waals surface area (Å²) in [6.45, 7) is 0.269. The maximum absolute atomic E-state index is 9.08. The number of carbonyl (C=O) groups excluding carboxylic acids is 1. The quantitative estimate of drug-likeness (QED) is 0.289. The van der Waals surface area contributed by atoms with Crippen molar-refractivity contribution in [1.82, 2.24) is 0 Å². The summed E-state index contributed by atoms with van der Waals surface area (Å²) in [5.41, 5.74) is 0. The van der Waals surface area contributed by atoms with Crippen molar-refractivity contribution in [3.05, 3.63) is 0 Å². The molecule has 0 fully saturated rings. The topological polar surface area (TPSA) is 52.3 Å². The molecule has 0 aliphatic heterocycles. The first-order chi connectivity index (χ1) is 2.41. The Morgan fingerprint density at radius 3 is 2.60 bits per heavy atom. The number of carbonyl (C=O) groups is 1. The van der Waals surface area contributed by atoms with Crippen molar-refractivity contribution in [3.8, 4) is 0 Å². The van der Waals surface area contributed by atoms with Crippen LogP contribution in [0.1, 0.15) is 0 Å². The van der Waals surface area contributed by atoms with E-state index in [1.54, 1.807) is 0 Å². The lowest BCUT2D eigenvalue weighted by Crippen LogP contribution is -1.79. The Bertz CT molecular complexity index is 30.8. The van der Waals surface area contributed by atoms with Crippen LogP contribution < -0.4 is 5.14 Å². The molecule has 3 nitrogen and oxygen atoms in total. The van der Waals surface area contributed by atoms with Gasteiger partial charge in [0.1, 0.15) is 12.2 Å². The molecule has 0 saturated heterocycles. The average Bonchev–Trinajstić information content (AvgIpc) is 1.41. The molecule has 0 aliphatic rings. The van der Waals surface area contributed by atoms with Crippen LogP contribution in [0.3, 0.4) is 0 Å². The second-order valence-corrected chi connectivity index (χ2v) is 0.674. The fourth-order valence-electron chi connectivity index (χ4n) is 0.0227. The van der Waals surface area contributed by atoms with Crippen LogP contribution in [0.2, 0.25) is 0 Å². The fourth-order valence-corrected chi connectivity index (χ4v) is 0.0680. The second-order valence-electron chi connectivity index (χ2n) is 0.289. The maximum atomic E-state index is 9.08. The average molecular weight is 93.1 g/mol. The zero-order valence-electron chi connectivity index (χ0n) is 2.38. The van der Waals surface area contributed by atoms with Crippen LogP contribution in [0.25, 0.3) is 0 Å². The summed E-state index contributed by atoms with van der Waals surface area (Å²) in [6.07, 6.45) is 0. The minimum atomic E-state index is 0.269. The van der Waals surface area contributed by atoms with Crippen LogP contribution in [-0.2, 0) is 8.98 Å². The van der Waals surface area contributed by atoms with E-state index < -0.39 is 0 Å². The first kappa shape index (κ1) is 4.78. The smallest absolute Gasteiger partial charge is 0.306 e. The van der Waals surface area contributed by atoms with Gasteiger partial charge in [-0.05, 0) is 0 Å². The first-order valence-electron chi connectivity index (χ1n) is 0.874. The Kier molecular flexibility index (Phi) is 3.61. The van der Waals surface area contributed by atoms with Gasteiger partial charge >= 0.3 is 6.47 Å². The third-order valence-electron chi connectivity index (χ3n) is 0.0948. The fraction of sp³-hybridized carbons (Fsp3) is 0. The van der Waals surface area contributed by atoms with Gasteiger partial charge in [0.05, 0.1) is 0 Å². The number of hydrogen-bond donors (Lipinski definition) is 1. The molecule has 0 spiro atoms. The minimum Gasteiger partial charge on any atom is -0.377 e. The van der Waals surface area contributed by atoms with Gasteiger partial charge in [0.2, 0.25) is 0 Å². The van der Waals surface area contributed by atoms with Crippen molar-refractivity contribution in [2.75, 3.05) is 0 Å². The molecule has 0 aromatic carbocycles. The highest BCUT2D eigenvalue weighted by Gasteiger charge is 1.63. The first-order valence-corrected chi connectivity index (χ1v) is 1.68. The lowest BCUT2D eigenvalue weighted by atomic mass is 11.7. The van der Waals surface area contributed by atoms with E-state index in [0.29, 0.717) is 12.2 Å². The Hall–Kier alpha value is -0.220. The van der Waals surface area contributed by atoms with E-state index in [1.807, 2.05) is 0 Å². The van der Waals surface area contributed by atoms with Gasteiger partial charge in [-0.15, -0.1) is 0 Å². The van der Waals surface area contributed by atoms with Crippen molar-refractivity contribution in [1.29, 1.82) is 0 Å². The molecule has 0 unspecified atom stereocenters. The summed E-state index contributed by atoms with van der Waals surface area (Å²) < 4.78 is 3.85. The minimum absolute atomic E-state index is 0.269. The van der Waals surface area contributed by atoms with Gasteiger partial charge in [-0.2, -0.15) is 0 Å². The Morgan fingerprint density at radius 2 is 2.60 bits per heavy atom. The molecular weight excluding hydrogens is 90.1 g/mol. The molecule has 0 radical (unpaired) electrons. The highest BCUT2D eigenvalue weighted by molar-refractivity contribution is 7.92. The van der Waals surface area contributed by atoms with Gasteiger partial charge in [0.25, 0.3) is 0 Å². The molecule has 0 saturated carbocycles. The molecule has 0 amide bonds. The summed E-state index contributed by atoms with van der Waals surface area (Å²) in [6, 6.07) is 0. The second kappa shape index (κ2) is 3.78. The molecular formula is CH3NO2S. The Balaban J connectivity index is 2.40. The molecule has 0 aliphatic carbocycles.